The van der Waals surface area contributed by atoms with Crippen LogP contribution in [0.5, 0.6) is 0 Å². The van der Waals surface area contributed by atoms with Crippen LogP contribution < -0.4 is 10.5 Å². The number of primary sulfonamides is 1. The summed E-state index contributed by atoms with van der Waals surface area (Å²) in [5.41, 5.74) is 0. The highest BCUT2D eigenvalue weighted by molar-refractivity contribution is 7.89. The Balaban J connectivity index is 2.57. The molecule has 5 heteroatoms. The van der Waals surface area contributed by atoms with Crippen molar-refractivity contribution in [3.63, 3.8) is 0 Å². The molecule has 2 unspecified atom stereocenters. The zero-order valence-corrected chi connectivity index (χ0v) is 8.10. The van der Waals surface area contributed by atoms with Crippen molar-refractivity contribution in [2.45, 2.75) is 25.0 Å². The highest BCUT2D eigenvalue weighted by atomic mass is 32.2. The van der Waals surface area contributed by atoms with Gasteiger partial charge in [0.05, 0.1) is 5.25 Å². The van der Waals surface area contributed by atoms with Crippen LogP contribution in [0.1, 0.15) is 19.8 Å². The molecule has 0 amide bonds. The molecular weight excluding hydrogens is 176 g/mol. The second-order valence-corrected chi connectivity index (χ2v) is 5.32. The summed E-state index contributed by atoms with van der Waals surface area (Å²) in [6, 6.07) is 0. The lowest BCUT2D eigenvalue weighted by Crippen LogP contribution is -2.41. The van der Waals surface area contributed by atoms with E-state index in [1.165, 1.54) is 0 Å². The first-order chi connectivity index (χ1) is 5.52. The molecular formula is C7H16N2O2S. The Morgan fingerprint density at radius 3 is 2.67 bits per heavy atom. The third-order valence-corrected chi connectivity index (χ3v) is 3.94. The summed E-state index contributed by atoms with van der Waals surface area (Å²) in [6.45, 7) is 3.46. The molecule has 0 aliphatic carbocycles. The maximum Gasteiger partial charge on any atom is 0.212 e. The summed E-state index contributed by atoms with van der Waals surface area (Å²) >= 11 is 0. The van der Waals surface area contributed by atoms with Crippen LogP contribution in [0.3, 0.4) is 0 Å². The van der Waals surface area contributed by atoms with Crippen molar-refractivity contribution in [3.8, 4) is 0 Å². The lowest BCUT2D eigenvalue weighted by Gasteiger charge is -2.26. The van der Waals surface area contributed by atoms with Gasteiger partial charge >= 0.3 is 0 Å². The molecule has 0 bridgehead atoms. The molecule has 0 aromatic rings. The van der Waals surface area contributed by atoms with E-state index in [-0.39, 0.29) is 5.92 Å². The number of piperidine rings is 1. The van der Waals surface area contributed by atoms with E-state index in [4.69, 9.17) is 5.14 Å². The number of hydrogen-bond donors (Lipinski definition) is 2. The van der Waals surface area contributed by atoms with E-state index < -0.39 is 15.3 Å². The molecule has 0 radical (unpaired) electrons. The second kappa shape index (κ2) is 3.72. The normalized spacial score (nSPS) is 28.3. The van der Waals surface area contributed by atoms with E-state index in [0.29, 0.717) is 0 Å². The van der Waals surface area contributed by atoms with Gasteiger partial charge < -0.3 is 5.32 Å². The van der Waals surface area contributed by atoms with Crippen molar-refractivity contribution in [2.75, 3.05) is 13.1 Å². The second-order valence-electron chi connectivity index (χ2n) is 3.40. The molecule has 0 spiro atoms. The molecule has 0 saturated carbocycles. The summed E-state index contributed by atoms with van der Waals surface area (Å²) in [6.07, 6.45) is 2.01. The van der Waals surface area contributed by atoms with Crippen molar-refractivity contribution < 1.29 is 8.42 Å². The molecule has 3 N–H and O–H groups in total. The number of rotatable bonds is 2. The molecule has 2 atom stereocenters. The van der Waals surface area contributed by atoms with Crippen LogP contribution in [0, 0.1) is 5.92 Å². The summed E-state index contributed by atoms with van der Waals surface area (Å²) in [5, 5.41) is 7.81. The smallest absolute Gasteiger partial charge is 0.212 e. The Kier molecular flexibility index (Phi) is 3.09. The van der Waals surface area contributed by atoms with E-state index in [0.717, 1.165) is 25.9 Å². The number of hydrogen-bond acceptors (Lipinski definition) is 3. The third kappa shape index (κ3) is 2.43. The first-order valence-electron chi connectivity index (χ1n) is 4.24. The zero-order chi connectivity index (χ0) is 9.19. The lowest BCUT2D eigenvalue weighted by molar-refractivity contribution is 0.367. The van der Waals surface area contributed by atoms with Crippen molar-refractivity contribution >= 4 is 10.0 Å². The largest absolute Gasteiger partial charge is 0.316 e. The number of nitrogens with one attached hydrogen (secondary N) is 1. The Morgan fingerprint density at radius 2 is 2.25 bits per heavy atom. The van der Waals surface area contributed by atoms with Crippen molar-refractivity contribution in [2.24, 2.45) is 11.1 Å². The van der Waals surface area contributed by atoms with E-state index in [1.807, 2.05) is 0 Å². The van der Waals surface area contributed by atoms with Gasteiger partial charge in [-0.1, -0.05) is 0 Å². The molecule has 4 nitrogen and oxygen atoms in total. The molecule has 0 aromatic heterocycles. The molecule has 1 aliphatic rings. The molecule has 1 aliphatic heterocycles. The van der Waals surface area contributed by atoms with E-state index in [9.17, 15) is 8.42 Å². The zero-order valence-electron chi connectivity index (χ0n) is 7.29. The predicted octanol–water partition coefficient (Wildman–Crippen LogP) is -0.337. The van der Waals surface area contributed by atoms with Gasteiger partial charge in [-0.3, -0.25) is 0 Å². The highest BCUT2D eigenvalue weighted by Crippen LogP contribution is 2.18. The summed E-state index contributed by atoms with van der Waals surface area (Å²) in [5.74, 6) is 0.189. The molecule has 1 rings (SSSR count). The van der Waals surface area contributed by atoms with Gasteiger partial charge in [0.2, 0.25) is 10.0 Å². The Labute approximate surface area is 73.6 Å². The third-order valence-electron chi connectivity index (χ3n) is 2.52. The summed E-state index contributed by atoms with van der Waals surface area (Å²) < 4.78 is 22.0. The summed E-state index contributed by atoms with van der Waals surface area (Å²) in [7, 11) is -3.34. The van der Waals surface area contributed by atoms with Crippen LogP contribution in [0.4, 0.5) is 0 Å². The van der Waals surface area contributed by atoms with Gasteiger partial charge in [0.1, 0.15) is 0 Å². The Hall–Kier alpha value is -0.130. The molecule has 1 heterocycles. The van der Waals surface area contributed by atoms with Gasteiger partial charge in [0, 0.05) is 0 Å². The fraction of sp³-hybridized carbons (Fsp3) is 1.00. The van der Waals surface area contributed by atoms with Gasteiger partial charge in [-0.2, -0.15) is 0 Å². The minimum atomic E-state index is -3.34. The van der Waals surface area contributed by atoms with Crippen LogP contribution >= 0.6 is 0 Å². The van der Waals surface area contributed by atoms with Crippen LogP contribution in [0.15, 0.2) is 0 Å². The summed E-state index contributed by atoms with van der Waals surface area (Å²) in [4.78, 5) is 0. The van der Waals surface area contributed by atoms with Gasteiger partial charge in [0.15, 0.2) is 0 Å². The van der Waals surface area contributed by atoms with Crippen LogP contribution in [0.25, 0.3) is 0 Å². The quantitative estimate of drug-likeness (QED) is 0.629. The molecule has 0 aromatic carbocycles. The van der Waals surface area contributed by atoms with E-state index >= 15 is 0 Å². The predicted molar refractivity (Wildman–Crippen MR) is 48.2 cm³/mol. The number of nitrogens with two attached hydrogens (primary N) is 1. The van der Waals surface area contributed by atoms with Gasteiger partial charge in [-0.15, -0.1) is 0 Å². The van der Waals surface area contributed by atoms with Gasteiger partial charge in [-0.05, 0) is 38.8 Å². The monoisotopic (exact) mass is 192 g/mol. The maximum absolute atomic E-state index is 11.0. The maximum atomic E-state index is 11.0. The standard InChI is InChI=1S/C7H16N2O2S/c1-6(12(8,10)11)7-3-2-4-9-5-7/h6-7,9H,2-5H2,1H3,(H2,8,10,11). The molecule has 12 heavy (non-hydrogen) atoms. The average molecular weight is 192 g/mol. The molecule has 1 saturated heterocycles. The molecule has 1 fully saturated rings. The Bertz CT molecular complexity index is 232. The van der Waals surface area contributed by atoms with Gasteiger partial charge in [0.25, 0.3) is 0 Å². The van der Waals surface area contributed by atoms with Crippen molar-refractivity contribution in [3.05, 3.63) is 0 Å². The Morgan fingerprint density at radius 1 is 1.58 bits per heavy atom. The topological polar surface area (TPSA) is 72.2 Å². The fourth-order valence-electron chi connectivity index (χ4n) is 1.55. The highest BCUT2D eigenvalue weighted by Gasteiger charge is 2.27. The molecule has 72 valence electrons. The minimum Gasteiger partial charge on any atom is -0.316 e. The fourth-order valence-corrected chi connectivity index (χ4v) is 2.32. The first kappa shape index (κ1) is 9.95. The number of sulfonamides is 1. The van der Waals surface area contributed by atoms with Crippen LogP contribution in [0.2, 0.25) is 0 Å². The SMILES string of the molecule is CC(C1CCCNC1)S(N)(=O)=O. The van der Waals surface area contributed by atoms with E-state index in [1.54, 1.807) is 6.92 Å². The van der Waals surface area contributed by atoms with Crippen molar-refractivity contribution in [1.29, 1.82) is 0 Å². The minimum absolute atomic E-state index is 0.189. The van der Waals surface area contributed by atoms with Crippen LogP contribution in [-0.2, 0) is 10.0 Å². The van der Waals surface area contributed by atoms with Crippen molar-refractivity contribution in [1.82, 2.24) is 5.32 Å². The van der Waals surface area contributed by atoms with Crippen LogP contribution in [-0.4, -0.2) is 26.8 Å². The van der Waals surface area contributed by atoms with Gasteiger partial charge in [-0.25, -0.2) is 13.6 Å². The lowest BCUT2D eigenvalue weighted by atomic mass is 9.97. The average Bonchev–Trinajstić information content (AvgIpc) is 2.03. The van der Waals surface area contributed by atoms with E-state index in [2.05, 4.69) is 5.32 Å². The first-order valence-corrected chi connectivity index (χ1v) is 5.85.